The number of aromatic nitrogens is 1. The highest BCUT2D eigenvalue weighted by Crippen LogP contribution is 2.33. The van der Waals surface area contributed by atoms with E-state index in [2.05, 4.69) is 10.3 Å². The minimum absolute atomic E-state index is 0.164. The maximum Gasteiger partial charge on any atom is 0.275 e. The first kappa shape index (κ1) is 22.9. The Morgan fingerprint density at radius 2 is 2.03 bits per heavy atom. The van der Waals surface area contributed by atoms with Crippen molar-refractivity contribution in [1.82, 2.24) is 15.2 Å². The van der Waals surface area contributed by atoms with E-state index in [9.17, 15) is 24.1 Å². The molecule has 1 saturated heterocycles. The molecular weight excluding hydrogens is 467 g/mol. The summed E-state index contributed by atoms with van der Waals surface area (Å²) in [6.45, 7) is 2.01. The molecule has 3 aromatic rings. The molecular formula is C22H19FN4O4S2. The first-order chi connectivity index (χ1) is 15.8. The van der Waals surface area contributed by atoms with E-state index < -0.39 is 10.8 Å². The van der Waals surface area contributed by atoms with Gasteiger partial charge in [-0.25, -0.2) is 9.37 Å². The van der Waals surface area contributed by atoms with Crippen molar-refractivity contribution >= 4 is 40.6 Å². The topological polar surface area (TPSA) is 105 Å². The number of nitrogens with one attached hydrogen (secondary N) is 1. The zero-order valence-electron chi connectivity index (χ0n) is 17.5. The number of rotatable bonds is 6. The number of non-ortho nitro benzene ring substituents is 1. The lowest BCUT2D eigenvalue weighted by Crippen LogP contribution is -2.44. The Balaban J connectivity index is 1.48. The van der Waals surface area contributed by atoms with E-state index in [-0.39, 0.29) is 35.6 Å². The van der Waals surface area contributed by atoms with Crippen LogP contribution >= 0.6 is 23.1 Å². The number of hydrogen-bond donors (Lipinski definition) is 1. The third-order valence-corrected chi connectivity index (χ3v) is 7.20. The maximum absolute atomic E-state index is 13.4. The number of nitro groups is 1. The Hall–Kier alpha value is -3.31. The average molecular weight is 487 g/mol. The van der Waals surface area contributed by atoms with Crippen molar-refractivity contribution < 1.29 is 18.9 Å². The van der Waals surface area contributed by atoms with Gasteiger partial charge in [0.05, 0.1) is 26.7 Å². The Morgan fingerprint density at radius 1 is 1.27 bits per heavy atom. The maximum atomic E-state index is 13.4. The van der Waals surface area contributed by atoms with Gasteiger partial charge in [0.2, 0.25) is 0 Å². The van der Waals surface area contributed by atoms with E-state index in [1.54, 1.807) is 28.8 Å². The van der Waals surface area contributed by atoms with Gasteiger partial charge >= 0.3 is 0 Å². The van der Waals surface area contributed by atoms with Crippen molar-refractivity contribution in [2.24, 2.45) is 0 Å². The second-order valence-corrected chi connectivity index (χ2v) is 9.57. The number of amides is 2. The van der Waals surface area contributed by atoms with Crippen molar-refractivity contribution in [3.05, 3.63) is 80.7 Å². The molecule has 4 rings (SSSR count). The fourth-order valence-electron chi connectivity index (χ4n) is 3.45. The van der Waals surface area contributed by atoms with Gasteiger partial charge in [-0.15, -0.1) is 23.1 Å². The normalized spacial score (nSPS) is 15.5. The molecule has 1 N–H and O–H groups in total. The number of hydrogen-bond acceptors (Lipinski definition) is 7. The molecule has 8 nitrogen and oxygen atoms in total. The van der Waals surface area contributed by atoms with Crippen LogP contribution < -0.4 is 5.32 Å². The highest BCUT2D eigenvalue weighted by atomic mass is 32.2. The van der Waals surface area contributed by atoms with E-state index >= 15 is 0 Å². The predicted molar refractivity (Wildman–Crippen MR) is 125 cm³/mol. The Labute approximate surface area is 197 Å². The van der Waals surface area contributed by atoms with Gasteiger partial charge in [0.1, 0.15) is 11.5 Å². The minimum Gasteiger partial charge on any atom is -0.350 e. The van der Waals surface area contributed by atoms with Crippen LogP contribution in [0.5, 0.6) is 0 Å². The summed E-state index contributed by atoms with van der Waals surface area (Å²) in [4.78, 5) is 43.0. The molecule has 1 aromatic heterocycles. The van der Waals surface area contributed by atoms with Gasteiger partial charge in [0, 0.05) is 30.0 Å². The number of thiazole rings is 1. The van der Waals surface area contributed by atoms with E-state index in [4.69, 9.17) is 0 Å². The van der Waals surface area contributed by atoms with E-state index in [0.29, 0.717) is 27.8 Å². The van der Waals surface area contributed by atoms with Crippen molar-refractivity contribution in [2.45, 2.75) is 13.0 Å². The molecule has 170 valence electrons. The molecule has 0 bridgehead atoms. The van der Waals surface area contributed by atoms with Crippen LogP contribution in [0.15, 0.2) is 48.5 Å². The second kappa shape index (κ2) is 9.67. The number of nitrogens with zero attached hydrogens (tertiary/aromatic N) is 3. The van der Waals surface area contributed by atoms with E-state index in [1.807, 2.05) is 6.92 Å². The molecule has 1 atom stereocenters. The summed E-state index contributed by atoms with van der Waals surface area (Å²) in [5.41, 5.74) is 1.04. The second-order valence-electron chi connectivity index (χ2n) is 7.36. The summed E-state index contributed by atoms with van der Waals surface area (Å²) in [5.74, 6) is 0.0344. The summed E-state index contributed by atoms with van der Waals surface area (Å²) in [6, 6.07) is 11.2. The fraction of sp³-hybridized carbons (Fsp3) is 0.227. The van der Waals surface area contributed by atoms with Gasteiger partial charge in [-0.05, 0) is 30.7 Å². The van der Waals surface area contributed by atoms with Crippen molar-refractivity contribution in [3.63, 3.8) is 0 Å². The van der Waals surface area contributed by atoms with Gasteiger partial charge in [-0.3, -0.25) is 19.7 Å². The zero-order valence-corrected chi connectivity index (χ0v) is 19.1. The SMILES string of the molecule is Cc1nc(C(=O)N2CSC[C@H]2CNC(=O)c2cccc([N+](=O)[O-])c2)c(-c2ccc(F)cc2)s1. The van der Waals surface area contributed by atoms with Gasteiger partial charge in [-0.1, -0.05) is 18.2 Å². The predicted octanol–water partition coefficient (Wildman–Crippen LogP) is 4.11. The summed E-state index contributed by atoms with van der Waals surface area (Å²) >= 11 is 2.94. The number of carbonyl (C=O) groups is 2. The molecule has 0 saturated carbocycles. The molecule has 1 fully saturated rings. The fourth-order valence-corrected chi connectivity index (χ4v) is 5.57. The lowest BCUT2D eigenvalue weighted by Gasteiger charge is -2.23. The molecule has 1 aliphatic heterocycles. The van der Waals surface area contributed by atoms with Crippen LogP contribution in [0.1, 0.15) is 25.9 Å². The third kappa shape index (κ3) is 5.04. The summed E-state index contributed by atoms with van der Waals surface area (Å²) in [5, 5.41) is 14.4. The first-order valence-electron chi connectivity index (χ1n) is 9.98. The Kier molecular flexibility index (Phi) is 6.70. The number of thioether (sulfide) groups is 1. The Bertz CT molecular complexity index is 1220. The molecule has 2 amide bonds. The van der Waals surface area contributed by atoms with Crippen LogP contribution in [0.25, 0.3) is 10.4 Å². The van der Waals surface area contributed by atoms with Crippen LogP contribution in [-0.2, 0) is 0 Å². The van der Waals surface area contributed by atoms with Gasteiger partial charge in [0.25, 0.3) is 17.5 Å². The molecule has 0 radical (unpaired) electrons. The van der Waals surface area contributed by atoms with Gasteiger partial charge in [-0.2, -0.15) is 0 Å². The van der Waals surface area contributed by atoms with Gasteiger partial charge in [0.15, 0.2) is 0 Å². The van der Waals surface area contributed by atoms with Crippen LogP contribution in [0.3, 0.4) is 0 Å². The molecule has 1 aliphatic rings. The largest absolute Gasteiger partial charge is 0.350 e. The number of aryl methyl sites for hydroxylation is 1. The van der Waals surface area contributed by atoms with Crippen LogP contribution in [-0.4, -0.2) is 50.8 Å². The summed E-state index contributed by atoms with van der Waals surface area (Å²) < 4.78 is 13.3. The van der Waals surface area contributed by atoms with Crippen molar-refractivity contribution in [3.8, 4) is 10.4 Å². The number of halogens is 1. The summed E-state index contributed by atoms with van der Waals surface area (Å²) in [6.07, 6.45) is 0. The van der Waals surface area contributed by atoms with E-state index in [1.165, 1.54) is 47.7 Å². The molecule has 0 aliphatic carbocycles. The first-order valence-corrected chi connectivity index (χ1v) is 12.0. The lowest BCUT2D eigenvalue weighted by atomic mass is 10.1. The van der Waals surface area contributed by atoms with Crippen molar-refractivity contribution in [2.75, 3.05) is 18.2 Å². The monoisotopic (exact) mass is 486 g/mol. The van der Waals surface area contributed by atoms with Gasteiger partial charge < -0.3 is 10.2 Å². The van der Waals surface area contributed by atoms with Crippen molar-refractivity contribution in [1.29, 1.82) is 0 Å². The highest BCUT2D eigenvalue weighted by molar-refractivity contribution is 7.99. The molecule has 33 heavy (non-hydrogen) atoms. The quantitative estimate of drug-likeness (QED) is 0.415. The highest BCUT2D eigenvalue weighted by Gasteiger charge is 2.33. The molecule has 0 unspecified atom stereocenters. The molecule has 11 heteroatoms. The molecule has 2 heterocycles. The standard InChI is InChI=1S/C22H19FN4O4S2/c1-13-25-19(20(33-13)14-5-7-16(23)8-6-14)22(29)26-12-32-11-18(26)10-24-21(28)15-3-2-4-17(9-15)27(30)31/h2-9,18H,10-12H2,1H3,(H,24,28)/t18-/m1/s1. The molecule has 0 spiro atoms. The third-order valence-electron chi connectivity index (χ3n) is 5.10. The van der Waals surface area contributed by atoms with Crippen LogP contribution in [0.4, 0.5) is 10.1 Å². The number of carbonyl (C=O) groups excluding carboxylic acids is 2. The average Bonchev–Trinajstić information content (AvgIpc) is 3.44. The summed E-state index contributed by atoms with van der Waals surface area (Å²) in [7, 11) is 0. The lowest BCUT2D eigenvalue weighted by molar-refractivity contribution is -0.384. The van der Waals surface area contributed by atoms with Crippen LogP contribution in [0, 0.1) is 22.9 Å². The molecule has 2 aromatic carbocycles. The zero-order chi connectivity index (χ0) is 23.5. The number of nitro benzene ring substituents is 1. The van der Waals surface area contributed by atoms with E-state index in [0.717, 1.165) is 5.01 Å². The van der Waals surface area contributed by atoms with Crippen LogP contribution in [0.2, 0.25) is 0 Å². The minimum atomic E-state index is -0.556. The smallest absolute Gasteiger partial charge is 0.275 e. The number of benzene rings is 2. The Morgan fingerprint density at radius 3 is 2.76 bits per heavy atom.